The van der Waals surface area contributed by atoms with Gasteiger partial charge in [0, 0.05) is 28.7 Å². The topological polar surface area (TPSA) is 109 Å². The van der Waals surface area contributed by atoms with Crippen LogP contribution in [-0.4, -0.2) is 30.8 Å². The number of rotatable bonds is 6. The molecule has 0 bridgehead atoms. The van der Waals surface area contributed by atoms with E-state index in [-0.39, 0.29) is 22.3 Å². The molecule has 0 aliphatic rings. The van der Waals surface area contributed by atoms with Crippen LogP contribution in [0.3, 0.4) is 0 Å². The highest BCUT2D eigenvalue weighted by molar-refractivity contribution is 7.89. The number of nitrogens with one attached hydrogen (secondary N) is 3. The number of hydrazine groups is 1. The zero-order chi connectivity index (χ0) is 25.2. The van der Waals surface area contributed by atoms with Crippen LogP contribution in [0.4, 0.5) is 4.39 Å². The Morgan fingerprint density at radius 1 is 0.882 bits per heavy atom. The standard InChI is InChI=1S/C24H27FN4O4S/c1-14(2)28-34(32,33)20-11-6-15(3)21(13-20)23(30)26-27-24(31)22-12-16(4)29(17(22)5)19-9-7-18(25)8-10-19/h6-14,28H,1-5H3,(H,26,30)(H,27,31). The summed E-state index contributed by atoms with van der Waals surface area (Å²) in [6.45, 7) is 8.61. The van der Waals surface area contributed by atoms with Crippen molar-refractivity contribution in [1.82, 2.24) is 20.1 Å². The third-order valence-corrected chi connectivity index (χ3v) is 6.86. The third kappa shape index (κ3) is 5.35. The van der Waals surface area contributed by atoms with E-state index in [9.17, 15) is 22.4 Å². The number of hydrogen-bond acceptors (Lipinski definition) is 4. The van der Waals surface area contributed by atoms with Crippen LogP contribution in [0.15, 0.2) is 53.4 Å². The van der Waals surface area contributed by atoms with Crippen molar-refractivity contribution in [2.45, 2.75) is 45.6 Å². The summed E-state index contributed by atoms with van der Waals surface area (Å²) in [4.78, 5) is 25.5. The van der Waals surface area contributed by atoms with E-state index < -0.39 is 21.8 Å². The lowest BCUT2D eigenvalue weighted by molar-refractivity contribution is 0.0846. The number of sulfonamides is 1. The Labute approximate surface area is 198 Å². The second kappa shape index (κ2) is 9.78. The van der Waals surface area contributed by atoms with Crippen LogP contribution >= 0.6 is 0 Å². The molecule has 3 rings (SSSR count). The summed E-state index contributed by atoms with van der Waals surface area (Å²) in [7, 11) is -3.79. The fourth-order valence-corrected chi connectivity index (χ4v) is 4.90. The number of halogens is 1. The van der Waals surface area contributed by atoms with Crippen LogP contribution in [0.25, 0.3) is 5.69 Å². The summed E-state index contributed by atoms with van der Waals surface area (Å²) >= 11 is 0. The van der Waals surface area contributed by atoms with Crippen molar-refractivity contribution in [2.24, 2.45) is 0 Å². The fourth-order valence-electron chi connectivity index (χ4n) is 3.62. The van der Waals surface area contributed by atoms with Crippen LogP contribution in [0.5, 0.6) is 0 Å². The minimum Gasteiger partial charge on any atom is -0.318 e. The summed E-state index contributed by atoms with van der Waals surface area (Å²) in [6.07, 6.45) is 0. The average molecular weight is 487 g/mol. The lowest BCUT2D eigenvalue weighted by atomic mass is 10.1. The molecule has 1 aromatic heterocycles. The maximum atomic E-state index is 13.3. The van der Waals surface area contributed by atoms with Crippen molar-refractivity contribution in [2.75, 3.05) is 0 Å². The maximum absolute atomic E-state index is 13.3. The first-order valence-electron chi connectivity index (χ1n) is 10.6. The molecule has 0 saturated carbocycles. The van der Waals surface area contributed by atoms with E-state index in [2.05, 4.69) is 15.6 Å². The molecule has 8 nitrogen and oxygen atoms in total. The first-order chi connectivity index (χ1) is 15.9. The molecule has 34 heavy (non-hydrogen) atoms. The van der Waals surface area contributed by atoms with Gasteiger partial charge in [-0.25, -0.2) is 17.5 Å². The van der Waals surface area contributed by atoms with E-state index >= 15 is 0 Å². The van der Waals surface area contributed by atoms with Gasteiger partial charge in [-0.05, 0) is 82.6 Å². The number of benzene rings is 2. The first-order valence-corrected chi connectivity index (χ1v) is 12.1. The zero-order valence-electron chi connectivity index (χ0n) is 19.6. The minimum absolute atomic E-state index is 0.0499. The van der Waals surface area contributed by atoms with Crippen molar-refractivity contribution in [3.05, 3.63) is 82.4 Å². The van der Waals surface area contributed by atoms with Crippen molar-refractivity contribution < 1.29 is 22.4 Å². The summed E-state index contributed by atoms with van der Waals surface area (Å²) in [6, 6.07) is 11.5. The van der Waals surface area contributed by atoms with Crippen molar-refractivity contribution in [1.29, 1.82) is 0 Å². The predicted octanol–water partition coefficient (Wildman–Crippen LogP) is 3.30. The highest BCUT2D eigenvalue weighted by Crippen LogP contribution is 2.21. The van der Waals surface area contributed by atoms with Crippen molar-refractivity contribution >= 4 is 21.8 Å². The van der Waals surface area contributed by atoms with E-state index in [1.165, 1.54) is 30.3 Å². The Balaban J connectivity index is 1.78. The molecule has 2 amide bonds. The Morgan fingerprint density at radius 3 is 2.06 bits per heavy atom. The van der Waals surface area contributed by atoms with Gasteiger partial charge in [0.25, 0.3) is 11.8 Å². The van der Waals surface area contributed by atoms with Crippen LogP contribution in [0, 0.1) is 26.6 Å². The van der Waals surface area contributed by atoms with Gasteiger partial charge in [0.2, 0.25) is 10.0 Å². The van der Waals surface area contributed by atoms with E-state index in [0.717, 1.165) is 5.69 Å². The molecule has 2 aromatic carbocycles. The van der Waals surface area contributed by atoms with E-state index in [0.29, 0.717) is 22.5 Å². The zero-order valence-corrected chi connectivity index (χ0v) is 20.4. The maximum Gasteiger partial charge on any atom is 0.271 e. The molecule has 180 valence electrons. The molecule has 0 radical (unpaired) electrons. The van der Waals surface area contributed by atoms with Gasteiger partial charge in [0.05, 0.1) is 10.5 Å². The number of aryl methyl sites for hydroxylation is 2. The van der Waals surface area contributed by atoms with Crippen LogP contribution < -0.4 is 15.6 Å². The molecular weight excluding hydrogens is 459 g/mol. The Morgan fingerprint density at radius 2 is 1.47 bits per heavy atom. The van der Waals surface area contributed by atoms with Gasteiger partial charge < -0.3 is 4.57 Å². The van der Waals surface area contributed by atoms with E-state index in [1.807, 2.05) is 6.92 Å². The molecule has 0 aliphatic carbocycles. The van der Waals surface area contributed by atoms with Gasteiger partial charge in [-0.15, -0.1) is 0 Å². The van der Waals surface area contributed by atoms with Gasteiger partial charge in [-0.2, -0.15) is 0 Å². The Bertz CT molecular complexity index is 1350. The van der Waals surface area contributed by atoms with Gasteiger partial charge >= 0.3 is 0 Å². The normalized spacial score (nSPS) is 11.5. The minimum atomic E-state index is -3.79. The largest absolute Gasteiger partial charge is 0.318 e. The molecule has 3 N–H and O–H groups in total. The number of hydrogen-bond donors (Lipinski definition) is 3. The quantitative estimate of drug-likeness (QED) is 0.465. The first kappa shape index (κ1) is 25.1. The van der Waals surface area contributed by atoms with E-state index in [1.54, 1.807) is 50.5 Å². The predicted molar refractivity (Wildman–Crippen MR) is 127 cm³/mol. The monoisotopic (exact) mass is 486 g/mol. The molecule has 10 heteroatoms. The number of nitrogens with zero attached hydrogens (tertiary/aromatic N) is 1. The molecule has 0 saturated heterocycles. The van der Waals surface area contributed by atoms with Crippen LogP contribution in [0.1, 0.15) is 51.5 Å². The summed E-state index contributed by atoms with van der Waals surface area (Å²) in [5.41, 5.74) is 7.78. The number of aromatic nitrogens is 1. The fraction of sp³-hybridized carbons (Fsp3) is 0.250. The lowest BCUT2D eigenvalue weighted by Crippen LogP contribution is -2.42. The SMILES string of the molecule is Cc1ccc(S(=O)(=O)NC(C)C)cc1C(=O)NNC(=O)c1cc(C)n(-c2ccc(F)cc2)c1C. The Kier molecular flexibility index (Phi) is 7.23. The van der Waals surface area contributed by atoms with Gasteiger partial charge in [0.1, 0.15) is 5.82 Å². The average Bonchev–Trinajstić information content (AvgIpc) is 3.05. The molecule has 1 heterocycles. The van der Waals surface area contributed by atoms with Crippen molar-refractivity contribution in [3.8, 4) is 5.69 Å². The summed E-state index contributed by atoms with van der Waals surface area (Å²) < 4.78 is 42.5. The van der Waals surface area contributed by atoms with E-state index in [4.69, 9.17) is 0 Å². The molecule has 0 fully saturated rings. The van der Waals surface area contributed by atoms with Crippen LogP contribution in [-0.2, 0) is 10.0 Å². The second-order valence-corrected chi connectivity index (χ2v) is 9.97. The Hall–Kier alpha value is -3.50. The molecule has 0 aliphatic heterocycles. The molecule has 0 atom stereocenters. The number of carbonyl (C=O) groups is 2. The second-order valence-electron chi connectivity index (χ2n) is 8.26. The molecule has 0 unspecified atom stereocenters. The third-order valence-electron chi connectivity index (χ3n) is 5.20. The lowest BCUT2D eigenvalue weighted by Gasteiger charge is -2.13. The van der Waals surface area contributed by atoms with Gasteiger partial charge in [-0.1, -0.05) is 6.07 Å². The number of amides is 2. The summed E-state index contributed by atoms with van der Waals surface area (Å²) in [5, 5.41) is 0. The van der Waals surface area contributed by atoms with Crippen molar-refractivity contribution in [3.63, 3.8) is 0 Å². The molecular formula is C24H27FN4O4S. The molecule has 0 spiro atoms. The van der Waals surface area contributed by atoms with Gasteiger partial charge in [0.15, 0.2) is 0 Å². The smallest absolute Gasteiger partial charge is 0.271 e. The highest BCUT2D eigenvalue weighted by atomic mass is 32.2. The summed E-state index contributed by atoms with van der Waals surface area (Å²) in [5.74, 6) is -1.56. The van der Waals surface area contributed by atoms with Gasteiger partial charge in [-0.3, -0.25) is 20.4 Å². The van der Waals surface area contributed by atoms with Crippen LogP contribution in [0.2, 0.25) is 0 Å². The number of carbonyl (C=O) groups excluding carboxylic acids is 2. The molecule has 3 aromatic rings. The highest BCUT2D eigenvalue weighted by Gasteiger charge is 2.21.